The molecule has 0 bridgehead atoms. The molecule has 0 spiro atoms. The topological polar surface area (TPSA) is 57.1 Å². The monoisotopic (exact) mass is 317 g/mol. The standard InChI is InChI=1S/C13H17ClNO4P/c1-3-17-20(16,18-4-2)13-9-12(15-19-13)10-5-7-11(14)8-6-10/h5-8,13H,3-4,9H2,1-2H3. The van der Waals surface area contributed by atoms with E-state index < -0.39 is 13.4 Å². The lowest BCUT2D eigenvalue weighted by molar-refractivity contribution is 0.0959. The van der Waals surface area contributed by atoms with Gasteiger partial charge in [-0.1, -0.05) is 28.9 Å². The fraction of sp³-hybridized carbons (Fsp3) is 0.462. The van der Waals surface area contributed by atoms with E-state index in [9.17, 15) is 4.57 Å². The van der Waals surface area contributed by atoms with Crippen LogP contribution in [0.1, 0.15) is 25.8 Å². The summed E-state index contributed by atoms with van der Waals surface area (Å²) in [7, 11) is -3.30. The third-order valence-corrected chi connectivity index (χ3v) is 5.27. The predicted octanol–water partition coefficient (Wildman–Crippen LogP) is 4.06. The molecule has 1 aliphatic heterocycles. The Morgan fingerprint density at radius 2 is 1.90 bits per heavy atom. The molecule has 1 aromatic carbocycles. The molecule has 0 radical (unpaired) electrons. The van der Waals surface area contributed by atoms with Gasteiger partial charge >= 0.3 is 7.60 Å². The SMILES string of the molecule is CCOP(=O)(OCC)C1CC(c2ccc(Cl)cc2)=NO1. The van der Waals surface area contributed by atoms with Gasteiger partial charge in [0, 0.05) is 11.4 Å². The molecule has 2 rings (SSSR count). The van der Waals surface area contributed by atoms with E-state index in [1.165, 1.54) is 0 Å². The largest absolute Gasteiger partial charge is 0.379 e. The van der Waals surface area contributed by atoms with Gasteiger partial charge in [-0.05, 0) is 31.5 Å². The Bertz CT molecular complexity index is 522. The smallest absolute Gasteiger partial charge is 0.374 e. The number of hydrogen-bond acceptors (Lipinski definition) is 5. The molecule has 1 aliphatic rings. The lowest BCUT2D eigenvalue weighted by atomic mass is 10.1. The van der Waals surface area contributed by atoms with Gasteiger partial charge in [0.05, 0.1) is 18.9 Å². The van der Waals surface area contributed by atoms with E-state index in [0.29, 0.717) is 30.4 Å². The molecule has 7 heteroatoms. The van der Waals surface area contributed by atoms with Gasteiger partial charge in [-0.2, -0.15) is 0 Å². The molecule has 0 fully saturated rings. The Labute approximate surface area is 123 Å². The zero-order chi connectivity index (χ0) is 14.6. The lowest BCUT2D eigenvalue weighted by Gasteiger charge is -2.20. The van der Waals surface area contributed by atoms with E-state index in [4.69, 9.17) is 25.5 Å². The molecule has 20 heavy (non-hydrogen) atoms. The first-order valence-electron chi connectivity index (χ1n) is 6.46. The molecule has 0 saturated carbocycles. The van der Waals surface area contributed by atoms with E-state index in [1.54, 1.807) is 26.0 Å². The Morgan fingerprint density at radius 1 is 1.30 bits per heavy atom. The van der Waals surface area contributed by atoms with Crippen molar-refractivity contribution in [3.8, 4) is 0 Å². The zero-order valence-electron chi connectivity index (χ0n) is 11.4. The quantitative estimate of drug-likeness (QED) is 0.742. The maximum Gasteiger partial charge on any atom is 0.374 e. The van der Waals surface area contributed by atoms with Crippen LogP contribution in [0.5, 0.6) is 0 Å². The number of rotatable bonds is 6. The van der Waals surface area contributed by atoms with Crippen LogP contribution in [-0.4, -0.2) is 24.8 Å². The van der Waals surface area contributed by atoms with Crippen molar-refractivity contribution in [1.82, 2.24) is 0 Å². The van der Waals surface area contributed by atoms with E-state index >= 15 is 0 Å². The van der Waals surface area contributed by atoms with Crippen molar-refractivity contribution in [3.63, 3.8) is 0 Å². The van der Waals surface area contributed by atoms with Crippen molar-refractivity contribution in [2.75, 3.05) is 13.2 Å². The van der Waals surface area contributed by atoms with Crippen LogP contribution < -0.4 is 0 Å². The molecule has 0 N–H and O–H groups in total. The third kappa shape index (κ3) is 3.41. The summed E-state index contributed by atoms with van der Waals surface area (Å²) in [6.07, 6.45) is 0.388. The first-order valence-corrected chi connectivity index (χ1v) is 8.45. The van der Waals surface area contributed by atoms with Gasteiger partial charge in [0.15, 0.2) is 0 Å². The van der Waals surface area contributed by atoms with Crippen molar-refractivity contribution in [2.45, 2.75) is 26.1 Å². The average molecular weight is 318 g/mol. The summed E-state index contributed by atoms with van der Waals surface area (Å²) < 4.78 is 23.1. The van der Waals surface area contributed by atoms with Crippen LogP contribution in [0.3, 0.4) is 0 Å². The fourth-order valence-corrected chi connectivity index (χ4v) is 3.72. The van der Waals surface area contributed by atoms with Gasteiger partial charge in [-0.25, -0.2) is 0 Å². The molecule has 1 aromatic rings. The minimum atomic E-state index is -3.30. The molecule has 5 nitrogen and oxygen atoms in total. The Morgan fingerprint density at radius 3 is 2.45 bits per heavy atom. The van der Waals surface area contributed by atoms with Crippen LogP contribution in [0.2, 0.25) is 5.02 Å². The highest BCUT2D eigenvalue weighted by molar-refractivity contribution is 7.54. The highest BCUT2D eigenvalue weighted by Crippen LogP contribution is 2.56. The molecule has 1 heterocycles. The molecule has 1 unspecified atom stereocenters. The first-order chi connectivity index (χ1) is 9.59. The van der Waals surface area contributed by atoms with Crippen LogP contribution in [0.15, 0.2) is 29.4 Å². The number of halogens is 1. The van der Waals surface area contributed by atoms with E-state index in [2.05, 4.69) is 5.16 Å². The van der Waals surface area contributed by atoms with Gasteiger partial charge in [-0.3, -0.25) is 4.57 Å². The van der Waals surface area contributed by atoms with Gasteiger partial charge in [0.1, 0.15) is 0 Å². The highest BCUT2D eigenvalue weighted by Gasteiger charge is 2.42. The Kier molecular flexibility index (Phi) is 5.22. The molecule has 0 aromatic heterocycles. The first kappa shape index (κ1) is 15.5. The van der Waals surface area contributed by atoms with Crippen molar-refractivity contribution in [2.24, 2.45) is 5.16 Å². The second-order valence-electron chi connectivity index (χ2n) is 4.18. The summed E-state index contributed by atoms with van der Waals surface area (Å²) in [5.74, 6) is -0.687. The van der Waals surface area contributed by atoms with Crippen molar-refractivity contribution in [3.05, 3.63) is 34.9 Å². The second-order valence-corrected chi connectivity index (χ2v) is 6.79. The van der Waals surface area contributed by atoms with Crippen LogP contribution in [0, 0.1) is 0 Å². The molecular weight excluding hydrogens is 301 g/mol. The molecule has 110 valence electrons. The summed E-state index contributed by atoms with van der Waals surface area (Å²) in [6.45, 7) is 4.13. The van der Waals surface area contributed by atoms with Crippen LogP contribution in [0.25, 0.3) is 0 Å². The van der Waals surface area contributed by atoms with Crippen molar-refractivity contribution in [1.29, 1.82) is 0 Å². The molecule has 0 amide bonds. The van der Waals surface area contributed by atoms with E-state index in [0.717, 1.165) is 5.56 Å². The van der Waals surface area contributed by atoms with Crippen LogP contribution in [-0.2, 0) is 18.5 Å². The zero-order valence-corrected chi connectivity index (χ0v) is 13.1. The van der Waals surface area contributed by atoms with Crippen LogP contribution in [0.4, 0.5) is 0 Å². The molecule has 0 aliphatic carbocycles. The highest BCUT2D eigenvalue weighted by atomic mass is 35.5. The predicted molar refractivity (Wildman–Crippen MR) is 78.3 cm³/mol. The number of benzene rings is 1. The molecular formula is C13H17ClNO4P. The summed E-state index contributed by atoms with van der Waals surface area (Å²) in [5, 5.41) is 4.64. The van der Waals surface area contributed by atoms with Gasteiger partial charge < -0.3 is 13.9 Å². The number of hydrogen-bond donors (Lipinski definition) is 0. The third-order valence-electron chi connectivity index (χ3n) is 2.80. The summed E-state index contributed by atoms with van der Waals surface area (Å²) in [5.41, 5.74) is 1.60. The van der Waals surface area contributed by atoms with Crippen molar-refractivity contribution >= 4 is 24.9 Å². The molecule has 1 atom stereocenters. The van der Waals surface area contributed by atoms with E-state index in [1.807, 2.05) is 12.1 Å². The van der Waals surface area contributed by atoms with Crippen LogP contribution >= 0.6 is 19.2 Å². The molecule has 0 saturated heterocycles. The normalized spacial score (nSPS) is 18.8. The number of oxime groups is 1. The van der Waals surface area contributed by atoms with Gasteiger partial charge in [0.2, 0.25) is 5.85 Å². The number of nitrogens with zero attached hydrogens (tertiary/aromatic N) is 1. The van der Waals surface area contributed by atoms with E-state index in [-0.39, 0.29) is 0 Å². The van der Waals surface area contributed by atoms with Crippen molar-refractivity contribution < 1.29 is 18.5 Å². The van der Waals surface area contributed by atoms with Gasteiger partial charge in [-0.15, -0.1) is 0 Å². The summed E-state index contributed by atoms with van der Waals surface area (Å²) in [6, 6.07) is 7.24. The maximum atomic E-state index is 12.6. The van der Waals surface area contributed by atoms with Gasteiger partial charge in [0.25, 0.3) is 0 Å². The lowest BCUT2D eigenvalue weighted by Crippen LogP contribution is -2.14. The Hall–Kier alpha value is -0.870. The average Bonchev–Trinajstić information content (AvgIpc) is 2.90. The minimum Gasteiger partial charge on any atom is -0.379 e. The Balaban J connectivity index is 2.10. The second kappa shape index (κ2) is 6.72. The summed E-state index contributed by atoms with van der Waals surface area (Å²) in [4.78, 5) is 5.26. The maximum absolute atomic E-state index is 12.6. The minimum absolute atomic E-state index is 0.299. The summed E-state index contributed by atoms with van der Waals surface area (Å²) >= 11 is 5.85. The fourth-order valence-electron chi connectivity index (χ4n) is 1.91.